The lowest BCUT2D eigenvalue weighted by atomic mass is 9.97. The lowest BCUT2D eigenvalue weighted by Gasteiger charge is -2.23. The molecule has 3 aromatic heterocycles. The lowest BCUT2D eigenvalue weighted by molar-refractivity contribution is 0.0514. The molecule has 0 bridgehead atoms. The van der Waals surface area contributed by atoms with Gasteiger partial charge >= 0.3 is 12.2 Å². The molecule has 4 aromatic rings. The summed E-state index contributed by atoms with van der Waals surface area (Å²) in [5, 5.41) is 12.6. The van der Waals surface area contributed by atoms with Crippen molar-refractivity contribution in [1.82, 2.24) is 29.4 Å². The van der Waals surface area contributed by atoms with Gasteiger partial charge in [0, 0.05) is 64.1 Å². The van der Waals surface area contributed by atoms with Crippen molar-refractivity contribution in [3.05, 3.63) is 52.6 Å². The fourth-order valence-corrected chi connectivity index (χ4v) is 5.57. The van der Waals surface area contributed by atoms with Crippen LogP contribution >= 0.6 is 11.3 Å². The highest BCUT2D eigenvalue weighted by molar-refractivity contribution is 7.08. The molecule has 1 aromatic carbocycles. The van der Waals surface area contributed by atoms with Crippen LogP contribution in [0.25, 0.3) is 28.1 Å². The standard InChI is InChI=1S/C30H32N6O7S/c1-30(2,3)43-29(39)35-15-18(14-31-35)20-12-21-24(13-23(20)40-5)42-16-22-25(32-36(26(21)22)19-6-11-44-17-19)27(37)33(4)7-8-34-9-10-41-28(34)38/h6,11-15,17H,7-10,16H2,1-5H3/i4D3. The van der Waals surface area contributed by atoms with E-state index >= 15 is 0 Å². The molecule has 0 spiro atoms. The molecule has 2 aliphatic heterocycles. The summed E-state index contributed by atoms with van der Waals surface area (Å²) >= 11 is 1.43. The molecular weight excluding hydrogens is 588 g/mol. The fraction of sp³-hybridized carbons (Fsp3) is 0.367. The van der Waals surface area contributed by atoms with Crippen LogP contribution in [0.2, 0.25) is 0 Å². The Balaban J connectivity index is 1.43. The molecule has 230 valence electrons. The molecule has 0 radical (unpaired) electrons. The summed E-state index contributed by atoms with van der Waals surface area (Å²) < 4.78 is 49.3. The van der Waals surface area contributed by atoms with Crippen molar-refractivity contribution < 1.29 is 37.4 Å². The molecular formula is C30H32N6O7S. The molecule has 6 rings (SSSR count). The van der Waals surface area contributed by atoms with Crippen molar-refractivity contribution in [2.75, 3.05) is 40.3 Å². The Labute approximate surface area is 261 Å². The molecule has 44 heavy (non-hydrogen) atoms. The van der Waals surface area contributed by atoms with Gasteiger partial charge in [-0.2, -0.15) is 26.2 Å². The first kappa shape index (κ1) is 25.6. The second-order valence-electron chi connectivity index (χ2n) is 11.1. The molecule has 2 amide bonds. The highest BCUT2D eigenvalue weighted by Gasteiger charge is 2.33. The first-order chi connectivity index (χ1) is 22.2. The van der Waals surface area contributed by atoms with Gasteiger partial charge in [0.25, 0.3) is 5.91 Å². The summed E-state index contributed by atoms with van der Waals surface area (Å²) in [6, 6.07) is 5.33. The highest BCUT2D eigenvalue weighted by atomic mass is 32.1. The number of thiophene rings is 1. The van der Waals surface area contributed by atoms with Gasteiger partial charge in [-0.05, 0) is 38.3 Å². The Bertz CT molecular complexity index is 1840. The second kappa shape index (κ2) is 11.3. The third kappa shape index (κ3) is 5.48. The SMILES string of the molecule is [2H]C([2H])([2H])N(CCN1CCOC1=O)C(=O)c1nn(-c2ccsc2)c2c1COc1cc(OC)c(-c3cnn(C(=O)OC(C)(C)C)c3)cc1-2. The van der Waals surface area contributed by atoms with Crippen LogP contribution in [0.1, 0.15) is 40.9 Å². The molecule has 1 fully saturated rings. The number of aromatic nitrogens is 4. The number of amides is 2. The van der Waals surface area contributed by atoms with E-state index in [1.54, 1.807) is 37.6 Å². The molecule has 5 heterocycles. The number of benzene rings is 1. The van der Waals surface area contributed by atoms with Gasteiger partial charge in [-0.15, -0.1) is 0 Å². The second-order valence-corrected chi connectivity index (χ2v) is 11.9. The lowest BCUT2D eigenvalue weighted by Crippen LogP contribution is -2.37. The Morgan fingerprint density at radius 1 is 1.23 bits per heavy atom. The van der Waals surface area contributed by atoms with Gasteiger partial charge in [0.1, 0.15) is 30.3 Å². The van der Waals surface area contributed by atoms with E-state index in [0.717, 1.165) is 9.58 Å². The zero-order chi connectivity index (χ0) is 33.7. The minimum absolute atomic E-state index is 0.0180. The number of hydrogen-bond donors (Lipinski definition) is 0. The van der Waals surface area contributed by atoms with Gasteiger partial charge in [0.15, 0.2) is 5.69 Å². The molecule has 2 aliphatic rings. The number of likely N-dealkylation sites (N-methyl/N-ethyl adjacent to an activating group) is 1. The average Bonchev–Trinajstić information content (AvgIpc) is 3.82. The number of methoxy groups -OCH3 is 1. The Morgan fingerprint density at radius 3 is 2.75 bits per heavy atom. The van der Waals surface area contributed by atoms with E-state index in [4.69, 9.17) is 23.1 Å². The topological polar surface area (TPSA) is 130 Å². The quantitative estimate of drug-likeness (QED) is 0.288. The summed E-state index contributed by atoms with van der Waals surface area (Å²) in [7, 11) is 1.51. The van der Waals surface area contributed by atoms with E-state index in [-0.39, 0.29) is 32.0 Å². The predicted molar refractivity (Wildman–Crippen MR) is 160 cm³/mol. The largest absolute Gasteiger partial charge is 0.496 e. The third-order valence-corrected chi connectivity index (χ3v) is 7.69. The Kier molecular flexibility index (Phi) is 6.60. The van der Waals surface area contributed by atoms with Crippen molar-refractivity contribution in [2.24, 2.45) is 0 Å². The normalized spacial score (nSPS) is 15.3. The van der Waals surface area contributed by atoms with Crippen molar-refractivity contribution in [2.45, 2.75) is 33.0 Å². The Morgan fingerprint density at radius 2 is 2.07 bits per heavy atom. The average molecular weight is 624 g/mol. The Hall–Kier alpha value is -4.85. The maximum Gasteiger partial charge on any atom is 0.435 e. The van der Waals surface area contributed by atoms with Gasteiger partial charge in [-0.1, -0.05) is 0 Å². The summed E-state index contributed by atoms with van der Waals surface area (Å²) in [6.45, 7) is 2.62. The number of rotatable bonds is 7. The van der Waals surface area contributed by atoms with E-state index in [0.29, 0.717) is 51.7 Å². The van der Waals surface area contributed by atoms with Crippen LogP contribution in [-0.2, 0) is 16.1 Å². The van der Waals surface area contributed by atoms with Gasteiger partial charge < -0.3 is 28.7 Å². The maximum absolute atomic E-state index is 14.0. The van der Waals surface area contributed by atoms with Crippen molar-refractivity contribution in [3.8, 4) is 39.6 Å². The van der Waals surface area contributed by atoms with E-state index < -0.39 is 30.7 Å². The molecule has 0 atom stereocenters. The number of carbonyl (C=O) groups excluding carboxylic acids is 3. The molecule has 13 nitrogen and oxygen atoms in total. The van der Waals surface area contributed by atoms with Crippen LogP contribution in [0.5, 0.6) is 11.5 Å². The van der Waals surface area contributed by atoms with Crippen LogP contribution in [0.15, 0.2) is 41.4 Å². The van der Waals surface area contributed by atoms with Gasteiger partial charge in [0.05, 0.1) is 31.2 Å². The van der Waals surface area contributed by atoms with Crippen molar-refractivity contribution >= 4 is 29.4 Å². The molecule has 0 unspecified atom stereocenters. The summed E-state index contributed by atoms with van der Waals surface area (Å²) in [5.74, 6) is 0.0679. The minimum atomic E-state index is -2.82. The number of ether oxygens (including phenoxy) is 4. The number of hydrogen-bond acceptors (Lipinski definition) is 10. The minimum Gasteiger partial charge on any atom is -0.496 e. The van der Waals surface area contributed by atoms with E-state index in [2.05, 4.69) is 10.2 Å². The highest BCUT2D eigenvalue weighted by Crippen LogP contribution is 2.46. The van der Waals surface area contributed by atoms with Crippen LogP contribution in [-0.4, -0.2) is 93.4 Å². The summed E-state index contributed by atoms with van der Waals surface area (Å²) in [5.41, 5.74) is 2.46. The van der Waals surface area contributed by atoms with Crippen LogP contribution < -0.4 is 9.47 Å². The molecule has 1 saturated heterocycles. The van der Waals surface area contributed by atoms with Crippen LogP contribution in [0, 0.1) is 0 Å². The number of cyclic esters (lactones) is 1. The monoisotopic (exact) mass is 623 g/mol. The zero-order valence-electron chi connectivity index (χ0n) is 27.5. The predicted octanol–water partition coefficient (Wildman–Crippen LogP) is 4.67. The number of fused-ring (bicyclic) bond motifs is 3. The number of carbonyl (C=O) groups is 3. The molecule has 14 heteroatoms. The maximum atomic E-state index is 14.0. The van der Waals surface area contributed by atoms with Gasteiger partial charge in [0.2, 0.25) is 0 Å². The van der Waals surface area contributed by atoms with Gasteiger partial charge in [-0.3, -0.25) is 4.79 Å². The first-order valence-electron chi connectivity index (χ1n) is 15.3. The molecule has 0 aliphatic carbocycles. The molecule has 0 saturated carbocycles. The van der Waals surface area contributed by atoms with Crippen molar-refractivity contribution in [1.29, 1.82) is 0 Å². The zero-order valence-corrected chi connectivity index (χ0v) is 25.3. The van der Waals surface area contributed by atoms with Crippen molar-refractivity contribution in [3.63, 3.8) is 0 Å². The van der Waals surface area contributed by atoms with E-state index in [1.165, 1.54) is 35.7 Å². The van der Waals surface area contributed by atoms with Crippen LogP contribution in [0.4, 0.5) is 9.59 Å². The van der Waals surface area contributed by atoms with E-state index in [1.807, 2.05) is 16.8 Å². The first-order valence-corrected chi connectivity index (χ1v) is 14.7. The smallest absolute Gasteiger partial charge is 0.435 e. The summed E-state index contributed by atoms with van der Waals surface area (Å²) in [6.07, 6.45) is 1.83. The fourth-order valence-electron chi connectivity index (χ4n) is 4.96. The van der Waals surface area contributed by atoms with E-state index in [9.17, 15) is 14.4 Å². The molecule has 0 N–H and O–H groups in total. The van der Waals surface area contributed by atoms with Crippen LogP contribution in [0.3, 0.4) is 0 Å². The number of nitrogens with zero attached hydrogens (tertiary/aromatic N) is 6. The van der Waals surface area contributed by atoms with Gasteiger partial charge in [-0.25, -0.2) is 14.3 Å². The third-order valence-electron chi connectivity index (χ3n) is 7.02. The summed E-state index contributed by atoms with van der Waals surface area (Å²) in [4.78, 5) is 40.8.